The highest BCUT2D eigenvalue weighted by atomic mass is 35.5. The molecule has 1 aromatic heterocycles. The molecule has 0 bridgehead atoms. The van der Waals surface area contributed by atoms with Gasteiger partial charge in [0, 0.05) is 10.9 Å². The Labute approximate surface area is 110 Å². The van der Waals surface area contributed by atoms with Gasteiger partial charge in [-0.3, -0.25) is 4.79 Å². The lowest BCUT2D eigenvalue weighted by molar-refractivity contribution is 0.112. The first-order chi connectivity index (χ1) is 8.24. The Bertz CT molecular complexity index is 518. The minimum atomic E-state index is 0.318. The second kappa shape index (κ2) is 5.48. The van der Waals surface area contributed by atoms with Gasteiger partial charge in [0.1, 0.15) is 0 Å². The maximum Gasteiger partial charge on any atom is 0.160 e. The number of carbonyl (C=O) groups excluding carboxylic acids is 1. The molecule has 0 amide bonds. The van der Waals surface area contributed by atoms with Crippen LogP contribution in [0.25, 0.3) is 0 Å². The Morgan fingerprint density at radius 2 is 2.18 bits per heavy atom. The van der Waals surface area contributed by atoms with Crippen LogP contribution >= 0.6 is 22.9 Å². The van der Waals surface area contributed by atoms with E-state index >= 15 is 0 Å². The van der Waals surface area contributed by atoms with Crippen LogP contribution in [0, 0.1) is 0 Å². The number of benzene rings is 1. The minimum Gasteiger partial charge on any atom is -0.297 e. The number of hydrogen-bond acceptors (Lipinski definition) is 2. The Morgan fingerprint density at radius 3 is 2.76 bits per heavy atom. The fraction of sp³-hybridized carbons (Fsp3) is 0.214. The highest BCUT2D eigenvalue weighted by Crippen LogP contribution is 2.31. The molecule has 0 saturated carbocycles. The van der Waals surface area contributed by atoms with Crippen LogP contribution in [-0.4, -0.2) is 6.29 Å². The fourth-order valence-electron chi connectivity index (χ4n) is 2.00. The maximum absolute atomic E-state index is 10.7. The molecule has 1 atom stereocenters. The first-order valence-corrected chi connectivity index (χ1v) is 6.79. The first kappa shape index (κ1) is 12.3. The van der Waals surface area contributed by atoms with E-state index in [9.17, 15) is 4.79 Å². The molecule has 0 radical (unpaired) electrons. The van der Waals surface area contributed by atoms with Gasteiger partial charge in [-0.05, 0) is 41.1 Å². The fourth-order valence-corrected chi connectivity index (χ4v) is 2.96. The zero-order chi connectivity index (χ0) is 12.3. The first-order valence-electron chi connectivity index (χ1n) is 5.53. The lowest BCUT2D eigenvalue weighted by atomic mass is 9.91. The van der Waals surface area contributed by atoms with Gasteiger partial charge >= 0.3 is 0 Å². The van der Waals surface area contributed by atoms with Crippen molar-refractivity contribution in [3.63, 3.8) is 0 Å². The van der Waals surface area contributed by atoms with Crippen LogP contribution in [0.15, 0.2) is 35.7 Å². The molecule has 0 fully saturated rings. The molecular formula is C14H13ClOS. The summed E-state index contributed by atoms with van der Waals surface area (Å²) in [5, 5.41) is 2.81. The third-order valence-electron chi connectivity index (χ3n) is 2.82. The summed E-state index contributed by atoms with van der Waals surface area (Å²) >= 11 is 7.50. The summed E-state index contributed by atoms with van der Waals surface area (Å²) < 4.78 is 0. The molecule has 1 nitrogen and oxygen atoms in total. The van der Waals surface area contributed by atoms with Gasteiger partial charge < -0.3 is 0 Å². The Kier molecular flexibility index (Phi) is 3.97. The van der Waals surface area contributed by atoms with E-state index in [1.807, 2.05) is 24.3 Å². The van der Waals surface area contributed by atoms with E-state index in [1.54, 1.807) is 0 Å². The highest BCUT2D eigenvalue weighted by Gasteiger charge is 2.14. The summed E-state index contributed by atoms with van der Waals surface area (Å²) in [5.41, 5.74) is 2.40. The summed E-state index contributed by atoms with van der Waals surface area (Å²) in [7, 11) is 0. The van der Waals surface area contributed by atoms with E-state index < -0.39 is 0 Å². The number of rotatable bonds is 4. The Balaban J connectivity index is 2.36. The van der Waals surface area contributed by atoms with Crippen molar-refractivity contribution in [3.8, 4) is 0 Å². The van der Waals surface area contributed by atoms with Gasteiger partial charge in [-0.15, -0.1) is 11.3 Å². The van der Waals surface area contributed by atoms with E-state index in [0.717, 1.165) is 22.6 Å². The number of aldehydes is 1. The van der Waals surface area contributed by atoms with E-state index in [4.69, 9.17) is 11.6 Å². The van der Waals surface area contributed by atoms with Crippen molar-refractivity contribution in [2.75, 3.05) is 0 Å². The van der Waals surface area contributed by atoms with Gasteiger partial charge in [0.15, 0.2) is 6.29 Å². The van der Waals surface area contributed by atoms with Crippen molar-refractivity contribution in [1.82, 2.24) is 0 Å². The summed E-state index contributed by atoms with van der Waals surface area (Å²) in [5.74, 6) is 0.318. The molecule has 3 heteroatoms. The van der Waals surface area contributed by atoms with Crippen molar-refractivity contribution in [1.29, 1.82) is 0 Å². The molecule has 17 heavy (non-hydrogen) atoms. The molecule has 88 valence electrons. The monoisotopic (exact) mass is 264 g/mol. The van der Waals surface area contributed by atoms with E-state index in [1.165, 1.54) is 22.5 Å². The van der Waals surface area contributed by atoms with Gasteiger partial charge in [0.25, 0.3) is 0 Å². The minimum absolute atomic E-state index is 0.318. The topological polar surface area (TPSA) is 17.1 Å². The summed E-state index contributed by atoms with van der Waals surface area (Å²) in [4.78, 5) is 11.5. The summed E-state index contributed by atoms with van der Waals surface area (Å²) in [6, 6.07) is 9.88. The quantitative estimate of drug-likeness (QED) is 0.728. The van der Waals surface area contributed by atoms with Crippen LogP contribution in [0.1, 0.15) is 40.1 Å². The molecule has 0 aliphatic heterocycles. The van der Waals surface area contributed by atoms with Gasteiger partial charge in [-0.25, -0.2) is 0 Å². The Hall–Kier alpha value is -1.12. The lowest BCUT2D eigenvalue weighted by Crippen LogP contribution is -1.97. The Morgan fingerprint density at radius 1 is 1.35 bits per heavy atom. The number of carbonyl (C=O) groups is 1. The second-order valence-electron chi connectivity index (χ2n) is 3.92. The number of thiophene rings is 1. The van der Waals surface area contributed by atoms with Crippen molar-refractivity contribution in [2.24, 2.45) is 0 Å². The van der Waals surface area contributed by atoms with Gasteiger partial charge in [0.2, 0.25) is 0 Å². The molecule has 1 aromatic carbocycles. The number of hydrogen-bond donors (Lipinski definition) is 0. The average Bonchev–Trinajstić information content (AvgIpc) is 2.79. The van der Waals surface area contributed by atoms with Crippen molar-refractivity contribution in [3.05, 3.63) is 56.7 Å². The molecule has 1 heterocycles. The lowest BCUT2D eigenvalue weighted by Gasteiger charge is -2.14. The van der Waals surface area contributed by atoms with Gasteiger partial charge in [-0.1, -0.05) is 30.7 Å². The normalized spacial score (nSPS) is 12.4. The molecule has 1 unspecified atom stereocenters. The summed E-state index contributed by atoms with van der Waals surface area (Å²) in [6.45, 7) is 2.14. The van der Waals surface area contributed by atoms with Crippen LogP contribution in [0.4, 0.5) is 0 Å². The van der Waals surface area contributed by atoms with Crippen molar-refractivity contribution >= 4 is 29.2 Å². The molecule has 0 saturated heterocycles. The third kappa shape index (κ3) is 2.76. The molecule has 0 aliphatic carbocycles. The predicted molar refractivity (Wildman–Crippen MR) is 73.3 cm³/mol. The molecule has 0 N–H and O–H groups in total. The smallest absolute Gasteiger partial charge is 0.160 e. The molecule has 0 spiro atoms. The highest BCUT2D eigenvalue weighted by molar-refractivity contribution is 7.11. The van der Waals surface area contributed by atoms with Crippen LogP contribution in [0.2, 0.25) is 5.02 Å². The second-order valence-corrected chi connectivity index (χ2v) is 5.30. The van der Waals surface area contributed by atoms with E-state index in [2.05, 4.69) is 18.4 Å². The number of halogens is 1. The summed E-state index contributed by atoms with van der Waals surface area (Å²) in [6.07, 6.45) is 1.90. The van der Waals surface area contributed by atoms with Crippen LogP contribution in [0.5, 0.6) is 0 Å². The zero-order valence-electron chi connectivity index (χ0n) is 9.52. The predicted octanol–water partition coefficient (Wildman–Crippen LogP) is 4.76. The van der Waals surface area contributed by atoms with E-state index in [0.29, 0.717) is 5.92 Å². The van der Waals surface area contributed by atoms with Crippen molar-refractivity contribution < 1.29 is 4.79 Å². The molecule has 2 rings (SSSR count). The van der Waals surface area contributed by atoms with E-state index in [-0.39, 0.29) is 0 Å². The standard InChI is InChI=1S/C14H13ClOS/c1-2-14(10-4-3-5-12(15)6-10)11-7-13(8-16)17-9-11/h3-9,14H,2H2,1H3. The SMILES string of the molecule is CCC(c1cccc(Cl)c1)c1csc(C=O)c1. The average molecular weight is 265 g/mol. The third-order valence-corrected chi connectivity index (χ3v) is 3.93. The largest absolute Gasteiger partial charge is 0.297 e. The van der Waals surface area contributed by atoms with Crippen molar-refractivity contribution in [2.45, 2.75) is 19.3 Å². The zero-order valence-corrected chi connectivity index (χ0v) is 11.1. The van der Waals surface area contributed by atoms with Crippen LogP contribution < -0.4 is 0 Å². The molecular weight excluding hydrogens is 252 g/mol. The van der Waals surface area contributed by atoms with Crippen LogP contribution in [-0.2, 0) is 0 Å². The van der Waals surface area contributed by atoms with Gasteiger partial charge in [0.05, 0.1) is 4.88 Å². The maximum atomic E-state index is 10.7. The molecule has 2 aromatic rings. The van der Waals surface area contributed by atoms with Crippen LogP contribution in [0.3, 0.4) is 0 Å². The van der Waals surface area contributed by atoms with Gasteiger partial charge in [-0.2, -0.15) is 0 Å². The molecule has 0 aliphatic rings.